The Kier molecular flexibility index (Phi) is 2.01. The molecule has 0 saturated heterocycles. The number of esters is 1. The van der Waals surface area contributed by atoms with Gasteiger partial charge in [0.2, 0.25) is 5.91 Å². The Morgan fingerprint density at radius 2 is 2.35 bits per heavy atom. The summed E-state index contributed by atoms with van der Waals surface area (Å²) < 4.78 is 4.70. The summed E-state index contributed by atoms with van der Waals surface area (Å²) >= 11 is 5.93. The molecule has 1 N–H and O–H groups in total. The minimum absolute atomic E-state index is 0.134. The number of hydrogen-bond donors (Lipinski definition) is 1. The summed E-state index contributed by atoms with van der Waals surface area (Å²) in [5.74, 6) is -0.856. The lowest BCUT2D eigenvalue weighted by molar-refractivity contribution is -0.143. The van der Waals surface area contributed by atoms with E-state index < -0.39 is 5.41 Å². The van der Waals surface area contributed by atoms with Crippen LogP contribution in [0, 0.1) is 5.92 Å². The van der Waals surface area contributed by atoms with Crippen molar-refractivity contribution >= 4 is 29.2 Å². The minimum Gasteiger partial charge on any atom is -0.469 e. The van der Waals surface area contributed by atoms with E-state index >= 15 is 0 Å². The van der Waals surface area contributed by atoms with Crippen molar-refractivity contribution in [3.05, 3.63) is 28.8 Å². The van der Waals surface area contributed by atoms with Crippen LogP contribution in [0.15, 0.2) is 18.2 Å². The summed E-state index contributed by atoms with van der Waals surface area (Å²) in [4.78, 5) is 23.5. The second-order valence-electron chi connectivity index (χ2n) is 4.40. The van der Waals surface area contributed by atoms with Crippen LogP contribution in [-0.2, 0) is 19.7 Å². The highest BCUT2D eigenvalue weighted by Crippen LogP contribution is 2.60. The predicted octanol–water partition coefficient (Wildman–Crippen LogP) is 1.72. The molecule has 5 heteroatoms. The molecule has 3 rings (SSSR count). The molecule has 1 aliphatic carbocycles. The molecule has 1 saturated carbocycles. The van der Waals surface area contributed by atoms with Crippen molar-refractivity contribution in [3.8, 4) is 0 Å². The zero-order valence-electron chi connectivity index (χ0n) is 9.12. The van der Waals surface area contributed by atoms with Gasteiger partial charge in [0, 0.05) is 10.7 Å². The fraction of sp³-hybridized carbons (Fsp3) is 0.333. The summed E-state index contributed by atoms with van der Waals surface area (Å²) in [7, 11) is 1.33. The number of fused-ring (bicyclic) bond motifs is 2. The SMILES string of the molecule is COC(=O)C1CC12C(=O)Nc1ccc(Cl)cc12. The first-order chi connectivity index (χ1) is 8.09. The maximum absolute atomic E-state index is 12.0. The summed E-state index contributed by atoms with van der Waals surface area (Å²) in [5, 5.41) is 3.35. The van der Waals surface area contributed by atoms with Gasteiger partial charge in [0.05, 0.1) is 18.4 Å². The van der Waals surface area contributed by atoms with Gasteiger partial charge in [-0.2, -0.15) is 0 Å². The summed E-state index contributed by atoms with van der Waals surface area (Å²) in [6.45, 7) is 0. The van der Waals surface area contributed by atoms with E-state index in [4.69, 9.17) is 16.3 Å². The van der Waals surface area contributed by atoms with Crippen molar-refractivity contribution < 1.29 is 14.3 Å². The van der Waals surface area contributed by atoms with Crippen LogP contribution in [0.25, 0.3) is 0 Å². The quantitative estimate of drug-likeness (QED) is 0.774. The van der Waals surface area contributed by atoms with Gasteiger partial charge in [0.15, 0.2) is 0 Å². The van der Waals surface area contributed by atoms with E-state index in [1.54, 1.807) is 18.2 Å². The Morgan fingerprint density at radius 3 is 3.06 bits per heavy atom. The Balaban J connectivity index is 2.07. The molecule has 1 heterocycles. The molecular formula is C12H10ClNO3. The van der Waals surface area contributed by atoms with Gasteiger partial charge in [-0.25, -0.2) is 0 Å². The van der Waals surface area contributed by atoms with Crippen LogP contribution in [0.2, 0.25) is 5.02 Å². The van der Waals surface area contributed by atoms with E-state index in [0.29, 0.717) is 11.4 Å². The smallest absolute Gasteiger partial charge is 0.310 e. The topological polar surface area (TPSA) is 55.4 Å². The Bertz CT molecular complexity index is 543. The average Bonchev–Trinajstić information content (AvgIpc) is 3.00. The number of ether oxygens (including phenoxy) is 1. The molecule has 2 atom stereocenters. The molecule has 1 amide bonds. The van der Waals surface area contributed by atoms with E-state index in [1.165, 1.54) is 7.11 Å². The number of rotatable bonds is 1. The molecule has 1 aliphatic heterocycles. The van der Waals surface area contributed by atoms with Crippen molar-refractivity contribution in [2.75, 3.05) is 12.4 Å². The number of anilines is 1. The van der Waals surface area contributed by atoms with Crippen molar-refractivity contribution in [2.24, 2.45) is 5.92 Å². The van der Waals surface area contributed by atoms with Gasteiger partial charge in [-0.05, 0) is 30.2 Å². The number of benzene rings is 1. The van der Waals surface area contributed by atoms with Crippen LogP contribution in [0.3, 0.4) is 0 Å². The van der Waals surface area contributed by atoms with E-state index in [1.807, 2.05) is 0 Å². The van der Waals surface area contributed by atoms with Crippen LogP contribution in [0.4, 0.5) is 5.69 Å². The van der Waals surface area contributed by atoms with Crippen molar-refractivity contribution in [1.82, 2.24) is 0 Å². The molecule has 17 heavy (non-hydrogen) atoms. The number of nitrogens with one attached hydrogen (secondary N) is 1. The summed E-state index contributed by atoms with van der Waals surface area (Å²) in [6, 6.07) is 5.23. The monoisotopic (exact) mass is 251 g/mol. The van der Waals surface area contributed by atoms with Crippen LogP contribution in [-0.4, -0.2) is 19.0 Å². The molecular weight excluding hydrogens is 242 g/mol. The van der Waals surface area contributed by atoms with Gasteiger partial charge in [-0.1, -0.05) is 11.6 Å². The zero-order chi connectivity index (χ0) is 12.2. The van der Waals surface area contributed by atoms with Gasteiger partial charge >= 0.3 is 5.97 Å². The third kappa shape index (κ3) is 1.24. The van der Waals surface area contributed by atoms with E-state index in [0.717, 1.165) is 11.3 Å². The van der Waals surface area contributed by atoms with Gasteiger partial charge in [0.1, 0.15) is 0 Å². The molecule has 2 aliphatic rings. The fourth-order valence-electron chi connectivity index (χ4n) is 2.59. The standard InChI is InChI=1S/C12H10ClNO3/c1-17-10(15)8-5-12(8)7-4-6(13)2-3-9(7)14-11(12)16/h2-4,8H,5H2,1H3,(H,14,16). The number of carbonyl (C=O) groups is 2. The third-order valence-corrected chi connectivity index (χ3v) is 3.80. The van der Waals surface area contributed by atoms with Crippen LogP contribution >= 0.6 is 11.6 Å². The van der Waals surface area contributed by atoms with E-state index in [-0.39, 0.29) is 17.8 Å². The molecule has 0 radical (unpaired) electrons. The molecule has 0 bridgehead atoms. The van der Waals surface area contributed by atoms with E-state index in [9.17, 15) is 9.59 Å². The zero-order valence-corrected chi connectivity index (χ0v) is 9.88. The minimum atomic E-state index is -0.743. The second kappa shape index (κ2) is 3.23. The first-order valence-electron chi connectivity index (χ1n) is 5.29. The number of halogens is 1. The summed E-state index contributed by atoms with van der Waals surface area (Å²) in [5.41, 5.74) is 0.809. The number of methoxy groups -OCH3 is 1. The lowest BCUT2D eigenvalue weighted by Crippen LogP contribution is -2.24. The molecule has 0 aromatic heterocycles. The van der Waals surface area contributed by atoms with Crippen molar-refractivity contribution in [3.63, 3.8) is 0 Å². The lowest BCUT2D eigenvalue weighted by Gasteiger charge is -2.07. The number of amides is 1. The van der Waals surface area contributed by atoms with Gasteiger partial charge in [-0.3, -0.25) is 9.59 Å². The van der Waals surface area contributed by atoms with Gasteiger partial charge in [-0.15, -0.1) is 0 Å². The number of carbonyl (C=O) groups excluding carboxylic acids is 2. The van der Waals surface area contributed by atoms with Gasteiger partial charge < -0.3 is 10.1 Å². The van der Waals surface area contributed by atoms with Crippen LogP contribution in [0.5, 0.6) is 0 Å². The normalized spacial score (nSPS) is 28.8. The molecule has 88 valence electrons. The maximum atomic E-state index is 12.0. The first-order valence-corrected chi connectivity index (χ1v) is 5.66. The largest absolute Gasteiger partial charge is 0.469 e. The maximum Gasteiger partial charge on any atom is 0.310 e. The molecule has 1 aromatic carbocycles. The van der Waals surface area contributed by atoms with Crippen molar-refractivity contribution in [1.29, 1.82) is 0 Å². The Labute approximate surface area is 103 Å². The summed E-state index contributed by atoms with van der Waals surface area (Å²) in [6.07, 6.45) is 0.499. The number of hydrogen-bond acceptors (Lipinski definition) is 3. The fourth-order valence-corrected chi connectivity index (χ4v) is 2.76. The second-order valence-corrected chi connectivity index (χ2v) is 4.83. The molecule has 1 fully saturated rings. The third-order valence-electron chi connectivity index (χ3n) is 3.56. The molecule has 2 unspecified atom stereocenters. The predicted molar refractivity (Wildman–Crippen MR) is 61.9 cm³/mol. The van der Waals surface area contributed by atoms with E-state index in [2.05, 4.69) is 5.32 Å². The highest BCUT2D eigenvalue weighted by atomic mass is 35.5. The Morgan fingerprint density at radius 1 is 1.59 bits per heavy atom. The first kappa shape index (κ1) is 10.6. The van der Waals surface area contributed by atoms with Crippen LogP contribution < -0.4 is 5.32 Å². The van der Waals surface area contributed by atoms with Gasteiger partial charge in [0.25, 0.3) is 0 Å². The lowest BCUT2D eigenvalue weighted by atomic mass is 9.95. The molecule has 1 spiro atoms. The molecule has 1 aromatic rings. The van der Waals surface area contributed by atoms with Crippen LogP contribution in [0.1, 0.15) is 12.0 Å². The highest BCUT2D eigenvalue weighted by Gasteiger charge is 2.68. The average molecular weight is 252 g/mol. The molecule has 4 nitrogen and oxygen atoms in total. The Hall–Kier alpha value is -1.55. The van der Waals surface area contributed by atoms with Crippen molar-refractivity contribution in [2.45, 2.75) is 11.8 Å². The highest BCUT2D eigenvalue weighted by molar-refractivity contribution is 6.31.